The monoisotopic (exact) mass is 440 g/mol. The number of ether oxygens (including phenoxy) is 2. The second-order valence-corrected chi connectivity index (χ2v) is 14.8. The summed E-state index contributed by atoms with van der Waals surface area (Å²) in [6.07, 6.45) is 2.45. The summed E-state index contributed by atoms with van der Waals surface area (Å²) in [6, 6.07) is 5.77. The van der Waals surface area contributed by atoms with Crippen LogP contribution in [-0.4, -0.2) is 8.32 Å². The van der Waals surface area contributed by atoms with Gasteiger partial charge in [-0.05, 0) is 57.4 Å². The lowest BCUT2D eigenvalue weighted by Crippen LogP contribution is -2.48. The van der Waals surface area contributed by atoms with Crippen molar-refractivity contribution in [3.8, 4) is 0 Å². The number of rotatable bonds is 8. The molecule has 2 aromatic rings. The maximum absolute atomic E-state index is 7.08. The van der Waals surface area contributed by atoms with Crippen LogP contribution in [0.5, 0.6) is 0 Å². The Kier molecular flexibility index (Phi) is 6.64. The smallest absolute Gasteiger partial charge is 0.275 e. The molecule has 1 aliphatic rings. The first-order chi connectivity index (χ1) is 13.3. The van der Waals surface area contributed by atoms with Gasteiger partial charge in [-0.15, -0.1) is 11.3 Å². The molecule has 0 fully saturated rings. The van der Waals surface area contributed by atoms with E-state index in [0.29, 0.717) is 21.8 Å². The number of thiophene rings is 1. The number of hydrogen-bond acceptors (Lipinski definition) is 5. The summed E-state index contributed by atoms with van der Waals surface area (Å²) >= 11 is 7.70. The van der Waals surface area contributed by atoms with E-state index in [1.807, 2.05) is 6.07 Å². The van der Waals surface area contributed by atoms with Crippen LogP contribution in [0.3, 0.4) is 0 Å². The third kappa shape index (κ3) is 4.06. The van der Waals surface area contributed by atoms with E-state index in [0.717, 1.165) is 16.2 Å². The van der Waals surface area contributed by atoms with Crippen molar-refractivity contribution >= 4 is 31.3 Å². The zero-order valence-electron chi connectivity index (χ0n) is 17.3. The Morgan fingerprint density at radius 2 is 1.61 bits per heavy atom. The van der Waals surface area contributed by atoms with Gasteiger partial charge in [0.15, 0.2) is 5.22 Å². The van der Waals surface area contributed by atoms with Gasteiger partial charge in [-0.25, -0.2) is 0 Å². The molecule has 154 valence electrons. The van der Waals surface area contributed by atoms with Crippen LogP contribution in [0.15, 0.2) is 40.5 Å². The molecule has 4 nitrogen and oxygen atoms in total. The lowest BCUT2D eigenvalue weighted by molar-refractivity contribution is -0.0217. The molecule has 1 aliphatic heterocycles. The van der Waals surface area contributed by atoms with Gasteiger partial charge in [0.1, 0.15) is 24.4 Å². The van der Waals surface area contributed by atoms with E-state index in [4.69, 9.17) is 29.9 Å². The first kappa shape index (κ1) is 21.5. The first-order valence-electron chi connectivity index (χ1n) is 9.73. The summed E-state index contributed by atoms with van der Waals surface area (Å²) in [5.74, 6) is 0.736. The molecule has 2 aromatic heterocycles. The Bertz CT molecular complexity index is 781. The van der Waals surface area contributed by atoms with Gasteiger partial charge >= 0.3 is 0 Å². The fraction of sp³-hybridized carbons (Fsp3) is 0.524. The molecule has 0 spiro atoms. The topological polar surface area (TPSA) is 40.8 Å². The molecule has 0 bridgehead atoms. The predicted molar refractivity (Wildman–Crippen MR) is 116 cm³/mol. The van der Waals surface area contributed by atoms with Crippen molar-refractivity contribution in [2.75, 3.05) is 0 Å². The maximum atomic E-state index is 7.08. The molecule has 3 rings (SSSR count). The predicted octanol–water partition coefficient (Wildman–Crippen LogP) is 7.79. The molecule has 0 amide bonds. The highest BCUT2D eigenvalue weighted by molar-refractivity contribution is 7.10. The van der Waals surface area contributed by atoms with E-state index in [9.17, 15) is 0 Å². The summed E-state index contributed by atoms with van der Waals surface area (Å²) in [5.41, 5.74) is 2.43. The maximum Gasteiger partial charge on any atom is 0.275 e. The van der Waals surface area contributed by atoms with Gasteiger partial charge in [-0.3, -0.25) is 0 Å². The largest absolute Gasteiger partial charge is 0.454 e. The Balaban J connectivity index is 2.00. The van der Waals surface area contributed by atoms with Crippen molar-refractivity contribution < 1.29 is 18.3 Å². The summed E-state index contributed by atoms with van der Waals surface area (Å²) in [4.78, 5) is 0.997. The normalized spacial score (nSPS) is 16.2. The minimum Gasteiger partial charge on any atom is -0.454 e. The molecule has 0 aliphatic carbocycles. The van der Waals surface area contributed by atoms with Crippen LogP contribution in [0, 0.1) is 0 Å². The van der Waals surface area contributed by atoms with Crippen LogP contribution >= 0.6 is 22.9 Å². The molecule has 1 unspecified atom stereocenters. The Hall–Kier alpha value is -1.21. The molecular weight excluding hydrogens is 412 g/mol. The van der Waals surface area contributed by atoms with E-state index in [-0.39, 0.29) is 12.4 Å². The van der Waals surface area contributed by atoms with Crippen molar-refractivity contribution in [2.24, 2.45) is 0 Å². The zero-order valence-corrected chi connectivity index (χ0v) is 19.8. The van der Waals surface area contributed by atoms with E-state index < -0.39 is 8.32 Å². The van der Waals surface area contributed by atoms with Gasteiger partial charge in [0.25, 0.3) is 6.29 Å². The fourth-order valence-electron chi connectivity index (χ4n) is 4.37. The molecule has 0 saturated heterocycles. The molecule has 0 N–H and O–H groups in total. The minimum absolute atomic E-state index is 0.300. The number of furan rings is 1. The summed E-state index contributed by atoms with van der Waals surface area (Å²) in [6.45, 7) is 13.7. The van der Waals surface area contributed by atoms with Crippen LogP contribution in [0.2, 0.25) is 21.8 Å². The van der Waals surface area contributed by atoms with Crippen LogP contribution in [-0.2, 0) is 13.9 Å². The molecule has 0 aromatic carbocycles. The minimum atomic E-state index is -2.14. The van der Waals surface area contributed by atoms with Gasteiger partial charge in [0.05, 0.1) is 4.88 Å². The molecule has 0 radical (unpaired) electrons. The summed E-state index contributed by atoms with van der Waals surface area (Å²) < 4.78 is 23.9. The highest BCUT2D eigenvalue weighted by Crippen LogP contribution is 2.47. The van der Waals surface area contributed by atoms with Crippen LogP contribution in [0.1, 0.15) is 70.1 Å². The molecular formula is C21H29ClO4SSi. The van der Waals surface area contributed by atoms with Crippen LogP contribution < -0.4 is 0 Å². The Morgan fingerprint density at radius 3 is 2.11 bits per heavy atom. The van der Waals surface area contributed by atoms with E-state index in [1.165, 1.54) is 0 Å². The SMILES string of the molecule is CC(C)[Si](OC(c1csc(C2OC=CO2)c1)c1ccc(Cl)o1)(C(C)C)C(C)C. The molecule has 1 atom stereocenters. The lowest BCUT2D eigenvalue weighted by Gasteiger charge is -2.44. The van der Waals surface area contributed by atoms with Crippen LogP contribution in [0.4, 0.5) is 0 Å². The highest BCUT2D eigenvalue weighted by atomic mass is 35.5. The van der Waals surface area contributed by atoms with Crippen molar-refractivity contribution in [1.29, 1.82) is 0 Å². The summed E-state index contributed by atoms with van der Waals surface area (Å²) in [7, 11) is -2.14. The summed E-state index contributed by atoms with van der Waals surface area (Å²) in [5, 5.41) is 2.47. The average Bonchev–Trinajstić information content (AvgIpc) is 3.35. The quantitative estimate of drug-likeness (QED) is 0.392. The first-order valence-corrected chi connectivity index (χ1v) is 13.1. The van der Waals surface area contributed by atoms with Gasteiger partial charge in [0.2, 0.25) is 8.32 Å². The van der Waals surface area contributed by atoms with Crippen molar-refractivity contribution in [3.05, 3.63) is 57.5 Å². The van der Waals surface area contributed by atoms with Crippen molar-refractivity contribution in [1.82, 2.24) is 0 Å². The third-order valence-electron chi connectivity index (χ3n) is 5.52. The Morgan fingerprint density at radius 1 is 1.00 bits per heavy atom. The zero-order chi connectivity index (χ0) is 20.5. The van der Waals surface area contributed by atoms with Crippen LogP contribution in [0.25, 0.3) is 0 Å². The Labute approximate surface area is 177 Å². The van der Waals surface area contributed by atoms with Gasteiger partial charge in [0, 0.05) is 0 Å². The van der Waals surface area contributed by atoms with Crippen molar-refractivity contribution in [3.63, 3.8) is 0 Å². The molecule has 7 heteroatoms. The van der Waals surface area contributed by atoms with E-state index in [2.05, 4.69) is 53.0 Å². The second-order valence-electron chi connectivity index (χ2n) is 8.12. The number of hydrogen-bond donors (Lipinski definition) is 0. The lowest BCUT2D eigenvalue weighted by atomic mass is 10.1. The van der Waals surface area contributed by atoms with E-state index >= 15 is 0 Å². The van der Waals surface area contributed by atoms with Gasteiger partial charge < -0.3 is 18.3 Å². The third-order valence-corrected chi connectivity index (χ3v) is 12.8. The molecule has 0 saturated carbocycles. The van der Waals surface area contributed by atoms with Crippen molar-refractivity contribution in [2.45, 2.75) is 70.6 Å². The van der Waals surface area contributed by atoms with Gasteiger partial charge in [-0.2, -0.15) is 0 Å². The highest BCUT2D eigenvalue weighted by Gasteiger charge is 2.47. The second kappa shape index (κ2) is 8.65. The van der Waals surface area contributed by atoms with E-state index in [1.54, 1.807) is 29.9 Å². The number of halogens is 1. The average molecular weight is 441 g/mol. The fourth-order valence-corrected chi connectivity index (χ4v) is 10.9. The molecule has 28 heavy (non-hydrogen) atoms. The molecule has 3 heterocycles. The standard InChI is InChI=1S/C21H29ClO4SSi/c1-13(2)28(14(3)4,15(5)6)26-20(17-7-8-19(22)25-17)16-11-18(27-12-16)21-23-9-10-24-21/h7-15,20-21H,1-6H3. The van der Waals surface area contributed by atoms with Gasteiger partial charge in [-0.1, -0.05) is 41.5 Å².